The first-order valence-corrected chi connectivity index (χ1v) is 31.7. The molecule has 0 saturated carbocycles. The van der Waals surface area contributed by atoms with Gasteiger partial charge in [0.05, 0.1) is 10.8 Å². The number of furan rings is 2. The maximum atomic E-state index is 7.09. The number of anilines is 3. The number of hydrogen-bond acceptors (Lipinski definition) is 3. The van der Waals surface area contributed by atoms with Crippen molar-refractivity contribution in [2.24, 2.45) is 0 Å². The molecule has 0 amide bonds. The molecule has 2 aromatic heterocycles. The molecule has 2 heterocycles. The summed E-state index contributed by atoms with van der Waals surface area (Å²) in [6.45, 7) is 12.0. The van der Waals surface area contributed by atoms with Crippen molar-refractivity contribution in [3.05, 3.63) is 351 Å². The Morgan fingerprint density at radius 2 is 0.767 bits per heavy atom. The van der Waals surface area contributed by atoms with Crippen molar-refractivity contribution < 1.29 is 8.83 Å². The van der Waals surface area contributed by atoms with Gasteiger partial charge in [0, 0.05) is 55.0 Å². The molecule has 0 spiro atoms. The summed E-state index contributed by atoms with van der Waals surface area (Å²) in [5.41, 5.74) is 31.4. The number of fused-ring (bicyclic) bond motifs is 22. The Morgan fingerprint density at radius 3 is 1.41 bits per heavy atom. The monoisotopic (exact) mass is 1150 g/mol. The molecule has 0 fully saturated rings. The molecule has 90 heavy (non-hydrogen) atoms. The van der Waals surface area contributed by atoms with E-state index in [4.69, 9.17) is 8.83 Å². The fourth-order valence-corrected chi connectivity index (χ4v) is 17.8. The summed E-state index contributed by atoms with van der Waals surface area (Å²) in [6, 6.07) is 105. The van der Waals surface area contributed by atoms with Crippen LogP contribution in [0.5, 0.6) is 0 Å². The normalized spacial score (nSPS) is 15.3. The van der Waals surface area contributed by atoms with Crippen molar-refractivity contribution in [3.63, 3.8) is 0 Å². The molecule has 3 heteroatoms. The lowest BCUT2D eigenvalue weighted by Crippen LogP contribution is -2.30. The number of para-hydroxylation sites is 2. The molecule has 13 aromatic carbocycles. The molecule has 0 unspecified atom stereocenters. The molecule has 19 rings (SSSR count). The molecule has 0 radical (unpaired) electrons. The second-order valence-electron chi connectivity index (χ2n) is 26.6. The summed E-state index contributed by atoms with van der Waals surface area (Å²) in [7, 11) is 0. The standard InChI is InChI=1S/C87H61NO2/c1-52-25-24-34-57(47-52)88(58-42-44-62-69(48-58)85(4,5)81-78(62)79-64-37-20-23-40-74(64)90-83(79)80-61-35-18-21-38-67(61)84(2,3)82(80)81)59-41-43-60-65-50-72-66(51-71(65)87(70(60)49-59,55-30-14-8-15-31-55)56-32-16-9-17-33-56)76-68(45-46-75-77(76)63-36-19-22-39-73(63)89-75)86(72,53-26-10-6-11-27-53)54-28-12-7-13-29-54/h6-51H,1-5H3. The van der Waals surface area contributed by atoms with E-state index in [1.165, 1.54) is 122 Å². The first-order chi connectivity index (χ1) is 44.1. The van der Waals surface area contributed by atoms with Gasteiger partial charge >= 0.3 is 0 Å². The molecule has 4 aliphatic rings. The maximum Gasteiger partial charge on any atom is 0.144 e. The minimum atomic E-state index is -0.751. The van der Waals surface area contributed by atoms with Gasteiger partial charge in [0.1, 0.15) is 22.3 Å². The summed E-state index contributed by atoms with van der Waals surface area (Å²) in [4.78, 5) is 2.52. The average molecular weight is 1150 g/mol. The molecule has 3 nitrogen and oxygen atoms in total. The van der Waals surface area contributed by atoms with Crippen LogP contribution in [0.3, 0.4) is 0 Å². The highest BCUT2D eigenvalue weighted by atomic mass is 16.3. The molecule has 0 N–H and O–H groups in total. The largest absolute Gasteiger partial charge is 0.456 e. The van der Waals surface area contributed by atoms with Crippen molar-refractivity contribution in [2.45, 2.75) is 56.3 Å². The lowest BCUT2D eigenvalue weighted by Gasteiger charge is -2.36. The van der Waals surface area contributed by atoms with Crippen LogP contribution in [0.1, 0.15) is 100 Å². The minimum Gasteiger partial charge on any atom is -0.456 e. The zero-order chi connectivity index (χ0) is 60.0. The van der Waals surface area contributed by atoms with Gasteiger partial charge in [-0.25, -0.2) is 0 Å². The van der Waals surface area contributed by atoms with Gasteiger partial charge in [0.15, 0.2) is 0 Å². The molecule has 0 aliphatic heterocycles. The first-order valence-electron chi connectivity index (χ1n) is 31.7. The van der Waals surface area contributed by atoms with E-state index in [0.29, 0.717) is 0 Å². The van der Waals surface area contributed by atoms with Crippen LogP contribution in [0.15, 0.2) is 288 Å². The van der Waals surface area contributed by atoms with E-state index in [1.54, 1.807) is 0 Å². The highest BCUT2D eigenvalue weighted by molar-refractivity contribution is 6.21. The van der Waals surface area contributed by atoms with Crippen molar-refractivity contribution >= 4 is 60.9 Å². The second kappa shape index (κ2) is 18.2. The average Bonchev–Trinajstić information content (AvgIpc) is 1.51. The first kappa shape index (κ1) is 51.3. The predicted octanol–water partition coefficient (Wildman–Crippen LogP) is 22.6. The fourth-order valence-electron chi connectivity index (χ4n) is 17.8. The van der Waals surface area contributed by atoms with Crippen molar-refractivity contribution in [3.8, 4) is 44.5 Å². The summed E-state index contributed by atoms with van der Waals surface area (Å²) in [5, 5.41) is 4.64. The molecule has 15 aromatic rings. The lowest BCUT2D eigenvalue weighted by molar-refractivity contribution is 0.600. The van der Waals surface area contributed by atoms with Crippen LogP contribution >= 0.6 is 0 Å². The molecule has 0 bridgehead atoms. The molecule has 4 aliphatic carbocycles. The fraction of sp³-hybridized carbons (Fsp3) is 0.103. The molecular formula is C87H61NO2. The van der Waals surface area contributed by atoms with Gasteiger partial charge in [-0.15, -0.1) is 0 Å². The van der Waals surface area contributed by atoms with Gasteiger partial charge in [0.25, 0.3) is 0 Å². The van der Waals surface area contributed by atoms with E-state index in [-0.39, 0.29) is 10.8 Å². The Morgan fingerprint density at radius 1 is 0.289 bits per heavy atom. The highest BCUT2D eigenvalue weighted by Crippen LogP contribution is 2.67. The molecule has 0 atom stereocenters. The van der Waals surface area contributed by atoms with Gasteiger partial charge in [-0.2, -0.15) is 0 Å². The van der Waals surface area contributed by atoms with Gasteiger partial charge in [-0.05, 0) is 185 Å². The summed E-state index contributed by atoms with van der Waals surface area (Å²) in [5.74, 6) is 0. The Hall–Kier alpha value is -10.7. The second-order valence-corrected chi connectivity index (χ2v) is 26.6. The lowest BCUT2D eigenvalue weighted by atomic mass is 9.66. The Kier molecular flexibility index (Phi) is 10.4. The summed E-state index contributed by atoms with van der Waals surface area (Å²) >= 11 is 0. The van der Waals surface area contributed by atoms with E-state index in [1.807, 2.05) is 0 Å². The van der Waals surface area contributed by atoms with Crippen LogP contribution in [-0.4, -0.2) is 0 Å². The van der Waals surface area contributed by atoms with E-state index < -0.39 is 10.8 Å². The van der Waals surface area contributed by atoms with Crippen molar-refractivity contribution in [2.75, 3.05) is 4.90 Å². The van der Waals surface area contributed by atoms with Gasteiger partial charge in [0.2, 0.25) is 0 Å². The van der Waals surface area contributed by atoms with Gasteiger partial charge < -0.3 is 13.7 Å². The van der Waals surface area contributed by atoms with Crippen LogP contribution in [0.2, 0.25) is 0 Å². The third-order valence-corrected chi connectivity index (χ3v) is 21.4. The Labute approximate surface area is 523 Å². The van der Waals surface area contributed by atoms with Crippen LogP contribution in [-0.2, 0) is 21.7 Å². The van der Waals surface area contributed by atoms with E-state index in [2.05, 4.69) is 319 Å². The predicted molar refractivity (Wildman–Crippen MR) is 370 cm³/mol. The Balaban J connectivity index is 0.884. The van der Waals surface area contributed by atoms with Crippen LogP contribution < -0.4 is 4.90 Å². The van der Waals surface area contributed by atoms with E-state index in [0.717, 1.165) is 55.6 Å². The zero-order valence-electron chi connectivity index (χ0n) is 50.8. The maximum absolute atomic E-state index is 7.09. The number of aryl methyl sites for hydroxylation is 1. The van der Waals surface area contributed by atoms with Crippen LogP contribution in [0, 0.1) is 6.92 Å². The van der Waals surface area contributed by atoms with E-state index >= 15 is 0 Å². The number of rotatable bonds is 7. The number of hydrogen-bond donors (Lipinski definition) is 0. The summed E-state index contributed by atoms with van der Waals surface area (Å²) < 4.78 is 13.9. The van der Waals surface area contributed by atoms with Crippen LogP contribution in [0.25, 0.3) is 88.4 Å². The van der Waals surface area contributed by atoms with Crippen molar-refractivity contribution in [1.29, 1.82) is 0 Å². The molecule has 0 saturated heterocycles. The molecule has 426 valence electrons. The Bertz CT molecular complexity index is 5470. The molecular weight excluding hydrogens is 1090 g/mol. The van der Waals surface area contributed by atoms with E-state index in [9.17, 15) is 0 Å². The topological polar surface area (TPSA) is 29.5 Å². The third kappa shape index (κ3) is 6.48. The zero-order valence-corrected chi connectivity index (χ0v) is 50.8. The number of benzene rings is 13. The highest BCUT2D eigenvalue weighted by Gasteiger charge is 2.53. The van der Waals surface area contributed by atoms with Crippen molar-refractivity contribution in [1.82, 2.24) is 0 Å². The van der Waals surface area contributed by atoms with Crippen LogP contribution in [0.4, 0.5) is 17.1 Å². The minimum absolute atomic E-state index is 0.265. The van der Waals surface area contributed by atoms with Gasteiger partial charge in [-0.1, -0.05) is 240 Å². The smallest absolute Gasteiger partial charge is 0.144 e. The summed E-state index contributed by atoms with van der Waals surface area (Å²) in [6.07, 6.45) is 0. The third-order valence-electron chi connectivity index (χ3n) is 21.4. The SMILES string of the molecule is Cc1cccc(N(c2ccc3c(c2)C(C)(C)c2c4c(c5oc6ccccc6c5c2-3)-c2ccccc2C4(C)C)c2ccc3c(c2)C(c2ccccc2)(c2ccccc2)c2cc4c(cc2-3)C(c2ccccc2)(c2ccccc2)c2ccc3oc5ccccc5c3c2-4)c1. The number of nitrogens with zero attached hydrogens (tertiary/aromatic N) is 1. The van der Waals surface area contributed by atoms with Gasteiger partial charge in [-0.3, -0.25) is 0 Å². The quantitative estimate of drug-likeness (QED) is 0.159.